The lowest BCUT2D eigenvalue weighted by Crippen LogP contribution is -3.15. The molecule has 2 unspecified atom stereocenters. The van der Waals surface area contributed by atoms with Crippen LogP contribution in [0, 0.1) is 0 Å². The first-order chi connectivity index (χ1) is 21.6. The first kappa shape index (κ1) is 25.3. The molecule has 1 aliphatic heterocycles. The predicted octanol–water partition coefficient (Wildman–Crippen LogP) is 9.21. The van der Waals surface area contributed by atoms with Crippen molar-refractivity contribution in [1.82, 2.24) is 4.68 Å². The van der Waals surface area contributed by atoms with E-state index < -0.39 is 0 Å². The van der Waals surface area contributed by atoms with E-state index in [1.54, 1.807) is 0 Å². The van der Waals surface area contributed by atoms with Crippen molar-refractivity contribution in [3.8, 4) is 22.3 Å². The van der Waals surface area contributed by atoms with Gasteiger partial charge < -0.3 is 0 Å². The van der Waals surface area contributed by atoms with Gasteiger partial charge in [0.1, 0.15) is 11.0 Å². The number of hydrogen-bond acceptors (Lipinski definition) is 0. The number of nitrogens with one attached hydrogen (secondary N) is 1. The molecule has 2 heterocycles. The van der Waals surface area contributed by atoms with E-state index in [0.29, 0.717) is 0 Å². The van der Waals surface area contributed by atoms with Gasteiger partial charge in [0.05, 0.1) is 0 Å². The molecule has 2 nitrogen and oxygen atoms in total. The minimum Gasteiger partial charge on any atom is -0.187 e. The summed E-state index contributed by atoms with van der Waals surface area (Å²) in [5, 5.41) is 4.02. The average molecular weight is 566 g/mol. The summed E-state index contributed by atoms with van der Waals surface area (Å²) in [6, 6.07) is 53.6. The molecule has 1 aromatic heterocycles. The Morgan fingerprint density at radius 3 is 2.07 bits per heavy atom. The topological polar surface area (TPSA) is 9.37 Å². The first-order valence-electron chi connectivity index (χ1n) is 15.6. The largest absolute Gasteiger partial charge is 0.187 e. The number of nitrogens with zero attached hydrogens (tertiary/aromatic N) is 1. The Labute approximate surface area is 258 Å². The molecule has 0 fully saturated rings. The standard InChI is InChI=1S/C42H32N2/c1-42(2)34-22-11-9-20-32(34)40-35(42)24-25-37-41(40)33-21-10-12-23-36(33)43(37)44-38(29-16-7-4-8-17-29)27-39(44)31-19-13-18-30(26-31)28-14-5-3-6-15-28/h3-27,39H,1-2H3/p+1. The van der Waals surface area contributed by atoms with E-state index in [9.17, 15) is 0 Å². The highest BCUT2D eigenvalue weighted by molar-refractivity contribution is 6.17. The summed E-state index contributed by atoms with van der Waals surface area (Å²) in [5.74, 6) is 0. The number of aromatic nitrogens is 1. The lowest BCUT2D eigenvalue weighted by molar-refractivity contribution is -0.910. The number of rotatable bonds is 4. The quantitative estimate of drug-likeness (QED) is 0.218. The van der Waals surface area contributed by atoms with Crippen molar-refractivity contribution in [3.05, 3.63) is 174 Å². The lowest BCUT2D eigenvalue weighted by Gasteiger charge is -2.37. The molecule has 44 heavy (non-hydrogen) atoms. The van der Waals surface area contributed by atoms with E-state index in [0.717, 1.165) is 0 Å². The maximum absolute atomic E-state index is 2.57. The van der Waals surface area contributed by atoms with Crippen molar-refractivity contribution in [2.45, 2.75) is 25.3 Å². The van der Waals surface area contributed by atoms with Crippen molar-refractivity contribution < 1.29 is 5.01 Å². The predicted molar refractivity (Wildman–Crippen MR) is 182 cm³/mol. The lowest BCUT2D eigenvalue weighted by atomic mass is 9.82. The number of fused-ring (bicyclic) bond motifs is 7. The summed E-state index contributed by atoms with van der Waals surface area (Å²) >= 11 is 0. The van der Waals surface area contributed by atoms with Gasteiger partial charge in [0.15, 0.2) is 11.7 Å². The van der Waals surface area contributed by atoms with Gasteiger partial charge >= 0.3 is 0 Å². The Hall–Kier alpha value is -5.18. The zero-order valence-corrected chi connectivity index (χ0v) is 25.0. The van der Waals surface area contributed by atoms with E-state index >= 15 is 0 Å². The Balaban J connectivity index is 1.31. The van der Waals surface area contributed by atoms with Crippen LogP contribution in [0.2, 0.25) is 0 Å². The maximum atomic E-state index is 2.57. The molecule has 0 saturated carbocycles. The smallest absolute Gasteiger partial charge is 0.166 e. The zero-order valence-electron chi connectivity index (χ0n) is 25.0. The van der Waals surface area contributed by atoms with Gasteiger partial charge in [0.2, 0.25) is 0 Å². The summed E-state index contributed by atoms with van der Waals surface area (Å²) in [6.45, 7) is 4.74. The molecule has 0 spiro atoms. The van der Waals surface area contributed by atoms with Crippen LogP contribution >= 0.6 is 0 Å². The number of benzene rings is 6. The van der Waals surface area contributed by atoms with Crippen LogP contribution in [0.5, 0.6) is 0 Å². The second-order valence-electron chi connectivity index (χ2n) is 12.7. The van der Waals surface area contributed by atoms with Crippen LogP contribution in [0.1, 0.15) is 42.1 Å². The number of para-hydroxylation sites is 1. The highest BCUT2D eigenvalue weighted by Gasteiger charge is 2.43. The highest BCUT2D eigenvalue weighted by atomic mass is 15.6. The molecule has 2 atom stereocenters. The third-order valence-electron chi connectivity index (χ3n) is 9.96. The average Bonchev–Trinajstić information content (AvgIpc) is 3.50. The van der Waals surface area contributed by atoms with Crippen LogP contribution in [0.4, 0.5) is 0 Å². The van der Waals surface area contributed by atoms with Gasteiger partial charge in [-0.15, -0.1) is 0 Å². The van der Waals surface area contributed by atoms with Gasteiger partial charge in [0.25, 0.3) is 0 Å². The zero-order chi connectivity index (χ0) is 29.4. The van der Waals surface area contributed by atoms with Crippen molar-refractivity contribution in [2.75, 3.05) is 0 Å². The van der Waals surface area contributed by atoms with E-state index in [-0.39, 0.29) is 11.5 Å². The highest BCUT2D eigenvalue weighted by Crippen LogP contribution is 2.52. The van der Waals surface area contributed by atoms with Crippen molar-refractivity contribution in [1.29, 1.82) is 0 Å². The van der Waals surface area contributed by atoms with Crippen LogP contribution in [0.25, 0.3) is 49.8 Å². The normalized spacial score (nSPS) is 18.1. The summed E-state index contributed by atoms with van der Waals surface area (Å²) in [4.78, 5) is 0. The molecule has 9 rings (SSSR count). The summed E-state index contributed by atoms with van der Waals surface area (Å²) in [5.41, 5.74) is 14.5. The Bertz CT molecular complexity index is 2250. The molecule has 210 valence electrons. The molecule has 2 heteroatoms. The molecule has 0 saturated heterocycles. The second kappa shape index (κ2) is 9.41. The molecule has 0 bridgehead atoms. The maximum Gasteiger partial charge on any atom is 0.166 e. The summed E-state index contributed by atoms with van der Waals surface area (Å²) < 4.78 is 2.57. The van der Waals surface area contributed by atoms with E-state index in [1.807, 2.05) is 0 Å². The van der Waals surface area contributed by atoms with Crippen LogP contribution < -0.4 is 5.01 Å². The Morgan fingerprint density at radius 1 is 0.568 bits per heavy atom. The van der Waals surface area contributed by atoms with E-state index in [1.165, 1.54) is 77.0 Å². The van der Waals surface area contributed by atoms with Crippen LogP contribution in [-0.2, 0) is 5.41 Å². The third kappa shape index (κ3) is 3.52. The van der Waals surface area contributed by atoms with Gasteiger partial charge in [-0.1, -0.05) is 129 Å². The van der Waals surface area contributed by atoms with Gasteiger partial charge in [-0.05, 0) is 63.7 Å². The fraction of sp³-hybridized carbons (Fsp3) is 0.0952. The molecule has 1 aliphatic carbocycles. The van der Waals surface area contributed by atoms with Gasteiger partial charge in [-0.25, -0.2) is 0 Å². The molecule has 0 amide bonds. The SMILES string of the molecule is CC1(C)c2ccccc2-c2c1ccc1c2c2ccccc2n1[NH+]1C(c2ccccc2)=CC1c1cccc(-c2ccccc2)c1. The second-order valence-corrected chi connectivity index (χ2v) is 12.7. The fourth-order valence-corrected chi connectivity index (χ4v) is 7.83. The monoisotopic (exact) mass is 565 g/mol. The van der Waals surface area contributed by atoms with Gasteiger partial charge in [-0.2, -0.15) is 9.69 Å². The molecular weight excluding hydrogens is 532 g/mol. The van der Waals surface area contributed by atoms with E-state index in [2.05, 4.69) is 170 Å². The van der Waals surface area contributed by atoms with Crippen LogP contribution in [0.15, 0.2) is 152 Å². The molecule has 2 aliphatic rings. The third-order valence-corrected chi connectivity index (χ3v) is 9.96. The Kier molecular flexibility index (Phi) is 5.42. The first-order valence-corrected chi connectivity index (χ1v) is 15.6. The van der Waals surface area contributed by atoms with Crippen molar-refractivity contribution in [2.24, 2.45) is 0 Å². The van der Waals surface area contributed by atoms with E-state index in [4.69, 9.17) is 0 Å². The molecular formula is C42H33N2+. The molecule has 7 aromatic rings. The minimum absolute atomic E-state index is 0.0392. The van der Waals surface area contributed by atoms with Crippen LogP contribution in [-0.4, -0.2) is 4.68 Å². The Morgan fingerprint density at radius 2 is 1.25 bits per heavy atom. The van der Waals surface area contributed by atoms with Crippen LogP contribution in [0.3, 0.4) is 0 Å². The summed E-state index contributed by atoms with van der Waals surface area (Å²) in [6.07, 6.45) is 2.46. The fourth-order valence-electron chi connectivity index (χ4n) is 7.83. The molecule has 0 radical (unpaired) electrons. The summed E-state index contributed by atoms with van der Waals surface area (Å²) in [7, 11) is 0. The molecule has 1 N–H and O–H groups in total. The van der Waals surface area contributed by atoms with Gasteiger partial charge in [0, 0.05) is 33.4 Å². The number of quaternary nitrogens is 1. The van der Waals surface area contributed by atoms with Crippen molar-refractivity contribution >= 4 is 27.5 Å². The number of hydrogen-bond donors (Lipinski definition) is 1. The minimum atomic E-state index is -0.0392. The van der Waals surface area contributed by atoms with Gasteiger partial charge in [-0.3, -0.25) is 0 Å². The van der Waals surface area contributed by atoms with Crippen molar-refractivity contribution in [3.63, 3.8) is 0 Å². The molecule has 6 aromatic carbocycles.